The Labute approximate surface area is 154 Å². The summed E-state index contributed by atoms with van der Waals surface area (Å²) in [4.78, 5) is 16.8. The number of nitrogens with zero attached hydrogens (tertiary/aromatic N) is 2. The first-order chi connectivity index (χ1) is 12.7. The van der Waals surface area contributed by atoms with Crippen molar-refractivity contribution < 1.29 is 14.3 Å². The second kappa shape index (κ2) is 8.25. The smallest absolute Gasteiger partial charge is 0.341 e. The van der Waals surface area contributed by atoms with Gasteiger partial charge in [0.1, 0.15) is 17.1 Å². The van der Waals surface area contributed by atoms with E-state index in [1.807, 2.05) is 30.0 Å². The summed E-state index contributed by atoms with van der Waals surface area (Å²) >= 11 is 0. The molecule has 0 unspecified atom stereocenters. The van der Waals surface area contributed by atoms with E-state index >= 15 is 0 Å². The molecule has 1 aromatic carbocycles. The zero-order valence-electron chi connectivity index (χ0n) is 15.5. The summed E-state index contributed by atoms with van der Waals surface area (Å²) in [5, 5.41) is 0. The van der Waals surface area contributed by atoms with Crippen LogP contribution in [-0.4, -0.2) is 28.7 Å². The molecule has 1 aliphatic rings. The van der Waals surface area contributed by atoms with Crippen LogP contribution in [0.15, 0.2) is 24.5 Å². The number of rotatable bonds is 6. The molecule has 1 saturated carbocycles. The van der Waals surface area contributed by atoms with Gasteiger partial charge in [-0.1, -0.05) is 19.3 Å². The topological polar surface area (TPSA) is 79.4 Å². The lowest BCUT2D eigenvalue weighted by atomic mass is 9.88. The molecule has 26 heavy (non-hydrogen) atoms. The van der Waals surface area contributed by atoms with Crippen molar-refractivity contribution in [2.75, 3.05) is 18.9 Å². The minimum absolute atomic E-state index is 0.305. The largest absolute Gasteiger partial charge is 0.493 e. The third-order valence-corrected chi connectivity index (χ3v) is 4.82. The fourth-order valence-corrected chi connectivity index (χ4v) is 3.62. The Hall–Kier alpha value is -2.50. The zero-order valence-corrected chi connectivity index (χ0v) is 15.5. The van der Waals surface area contributed by atoms with Gasteiger partial charge in [0.05, 0.1) is 24.6 Å². The maximum Gasteiger partial charge on any atom is 0.341 e. The molecular weight excluding hydrogens is 330 g/mol. The Bertz CT molecular complexity index is 764. The normalized spacial score (nSPS) is 15.0. The molecule has 1 aliphatic carbocycles. The number of nitrogen functional groups attached to an aromatic ring is 1. The molecule has 1 aromatic heterocycles. The summed E-state index contributed by atoms with van der Waals surface area (Å²) in [5.74, 6) is 1.53. The monoisotopic (exact) mass is 357 g/mol. The van der Waals surface area contributed by atoms with Gasteiger partial charge in [-0.15, -0.1) is 0 Å². The number of hydrogen-bond donors (Lipinski definition) is 1. The van der Waals surface area contributed by atoms with Gasteiger partial charge in [0, 0.05) is 24.4 Å². The summed E-state index contributed by atoms with van der Waals surface area (Å²) in [7, 11) is 0. The van der Waals surface area contributed by atoms with Crippen molar-refractivity contribution >= 4 is 11.7 Å². The van der Waals surface area contributed by atoms with Crippen molar-refractivity contribution in [3.05, 3.63) is 35.9 Å². The van der Waals surface area contributed by atoms with Crippen molar-refractivity contribution in [3.63, 3.8) is 0 Å². The third-order valence-electron chi connectivity index (χ3n) is 4.82. The fraction of sp³-hybridized carbons (Fsp3) is 0.500. The lowest BCUT2D eigenvalue weighted by Gasteiger charge is -2.23. The van der Waals surface area contributed by atoms with E-state index in [1.54, 1.807) is 13.0 Å². The standard InChI is InChI=1S/C20H27N3O3/c1-3-25-18-13-17(16(21)12-15(18)20(24)26-4-2)23-11-10-22-19(23)14-8-6-5-7-9-14/h10-14H,3-9,21H2,1-2H3. The molecule has 1 fully saturated rings. The molecule has 0 spiro atoms. The number of aromatic nitrogens is 2. The van der Waals surface area contributed by atoms with Crippen LogP contribution in [-0.2, 0) is 4.74 Å². The van der Waals surface area contributed by atoms with Gasteiger partial charge in [-0.3, -0.25) is 0 Å². The molecule has 6 nitrogen and oxygen atoms in total. The molecule has 0 radical (unpaired) electrons. The van der Waals surface area contributed by atoms with Gasteiger partial charge in [0.2, 0.25) is 0 Å². The quantitative estimate of drug-likeness (QED) is 0.622. The predicted molar refractivity (Wildman–Crippen MR) is 101 cm³/mol. The fourth-order valence-electron chi connectivity index (χ4n) is 3.62. The van der Waals surface area contributed by atoms with E-state index < -0.39 is 5.97 Å². The number of imidazole rings is 1. The molecule has 0 aliphatic heterocycles. The van der Waals surface area contributed by atoms with Gasteiger partial charge >= 0.3 is 5.97 Å². The van der Waals surface area contributed by atoms with E-state index in [4.69, 9.17) is 15.2 Å². The maximum absolute atomic E-state index is 12.2. The van der Waals surface area contributed by atoms with E-state index in [0.29, 0.717) is 36.1 Å². The molecule has 2 N–H and O–H groups in total. The second-order valence-corrected chi connectivity index (χ2v) is 6.55. The van der Waals surface area contributed by atoms with Crippen LogP contribution in [0, 0.1) is 0 Å². The van der Waals surface area contributed by atoms with Crippen LogP contribution in [0.1, 0.15) is 68.1 Å². The van der Waals surface area contributed by atoms with Crippen LogP contribution in [0.4, 0.5) is 5.69 Å². The Morgan fingerprint density at radius 2 is 2.00 bits per heavy atom. The summed E-state index contributed by atoms with van der Waals surface area (Å²) in [5.41, 5.74) is 7.95. The number of ether oxygens (including phenoxy) is 2. The second-order valence-electron chi connectivity index (χ2n) is 6.55. The van der Waals surface area contributed by atoms with Crippen molar-refractivity contribution in [2.24, 2.45) is 0 Å². The van der Waals surface area contributed by atoms with E-state index in [-0.39, 0.29) is 0 Å². The van der Waals surface area contributed by atoms with Gasteiger partial charge < -0.3 is 19.8 Å². The number of benzene rings is 1. The Morgan fingerprint density at radius 3 is 2.69 bits per heavy atom. The highest BCUT2D eigenvalue weighted by Crippen LogP contribution is 2.35. The number of esters is 1. The molecule has 140 valence electrons. The maximum atomic E-state index is 12.2. The van der Waals surface area contributed by atoms with Gasteiger partial charge in [-0.2, -0.15) is 0 Å². The van der Waals surface area contributed by atoms with Crippen LogP contribution in [0.5, 0.6) is 5.75 Å². The number of nitrogens with two attached hydrogens (primary N) is 1. The summed E-state index contributed by atoms with van der Waals surface area (Å²) in [6.45, 7) is 4.42. The minimum Gasteiger partial charge on any atom is -0.493 e. The molecule has 6 heteroatoms. The van der Waals surface area contributed by atoms with Gasteiger partial charge in [-0.05, 0) is 32.8 Å². The molecule has 3 rings (SSSR count). The van der Waals surface area contributed by atoms with Gasteiger partial charge in [0.25, 0.3) is 0 Å². The van der Waals surface area contributed by atoms with E-state index in [0.717, 1.165) is 24.4 Å². The lowest BCUT2D eigenvalue weighted by molar-refractivity contribution is 0.0522. The summed E-state index contributed by atoms with van der Waals surface area (Å²) in [6, 6.07) is 3.46. The molecule has 0 amide bonds. The SMILES string of the molecule is CCOC(=O)c1cc(N)c(-n2ccnc2C2CCCCC2)cc1OCC. The highest BCUT2D eigenvalue weighted by atomic mass is 16.5. The molecule has 1 heterocycles. The van der Waals surface area contributed by atoms with Crippen molar-refractivity contribution in [1.82, 2.24) is 9.55 Å². The number of carbonyl (C=O) groups excluding carboxylic acids is 1. The number of carbonyl (C=O) groups is 1. The number of hydrogen-bond acceptors (Lipinski definition) is 5. The molecule has 2 aromatic rings. The predicted octanol–water partition coefficient (Wildman–Crippen LogP) is 4.08. The van der Waals surface area contributed by atoms with Crippen LogP contribution in [0.3, 0.4) is 0 Å². The first-order valence-electron chi connectivity index (χ1n) is 9.42. The van der Waals surface area contributed by atoms with Crippen molar-refractivity contribution in [1.29, 1.82) is 0 Å². The van der Waals surface area contributed by atoms with Crippen molar-refractivity contribution in [3.8, 4) is 11.4 Å². The highest BCUT2D eigenvalue weighted by molar-refractivity contribution is 5.94. The summed E-state index contributed by atoms with van der Waals surface area (Å²) < 4.78 is 12.8. The van der Waals surface area contributed by atoms with Crippen LogP contribution < -0.4 is 10.5 Å². The Morgan fingerprint density at radius 1 is 1.23 bits per heavy atom. The average molecular weight is 357 g/mol. The van der Waals surface area contributed by atoms with Gasteiger partial charge in [0.15, 0.2) is 0 Å². The van der Waals surface area contributed by atoms with Crippen LogP contribution >= 0.6 is 0 Å². The van der Waals surface area contributed by atoms with E-state index in [1.165, 1.54) is 19.3 Å². The molecule has 0 saturated heterocycles. The van der Waals surface area contributed by atoms with Crippen molar-refractivity contribution in [2.45, 2.75) is 51.9 Å². The summed E-state index contributed by atoms with van der Waals surface area (Å²) in [6.07, 6.45) is 9.80. The van der Waals surface area contributed by atoms with E-state index in [9.17, 15) is 4.79 Å². The molecule has 0 bridgehead atoms. The highest BCUT2D eigenvalue weighted by Gasteiger charge is 2.23. The Kier molecular flexibility index (Phi) is 5.81. The third kappa shape index (κ3) is 3.69. The zero-order chi connectivity index (χ0) is 18.5. The first kappa shape index (κ1) is 18.3. The minimum atomic E-state index is -0.424. The van der Waals surface area contributed by atoms with Gasteiger partial charge in [-0.25, -0.2) is 9.78 Å². The number of anilines is 1. The Balaban J connectivity index is 2.02. The average Bonchev–Trinajstić information content (AvgIpc) is 3.13. The molecular formula is C20H27N3O3. The molecule has 0 atom stereocenters. The van der Waals surface area contributed by atoms with Crippen LogP contribution in [0.2, 0.25) is 0 Å². The van der Waals surface area contributed by atoms with Crippen LogP contribution in [0.25, 0.3) is 5.69 Å². The van der Waals surface area contributed by atoms with E-state index in [2.05, 4.69) is 4.98 Å². The first-order valence-corrected chi connectivity index (χ1v) is 9.42. The lowest BCUT2D eigenvalue weighted by Crippen LogP contribution is -2.14.